The average molecular weight is 435 g/mol. The Kier molecular flexibility index (Phi) is 6.60. The smallest absolute Gasteiger partial charge is 0.387 e. The fourth-order valence-corrected chi connectivity index (χ4v) is 4.18. The van der Waals surface area contributed by atoms with E-state index in [1.165, 1.54) is 23.9 Å². The first-order chi connectivity index (χ1) is 14.2. The van der Waals surface area contributed by atoms with Crippen LogP contribution in [-0.4, -0.2) is 37.5 Å². The van der Waals surface area contributed by atoms with Crippen LogP contribution in [0.3, 0.4) is 0 Å². The SMILES string of the molecule is Cc1cc(C(=O)CSc2nnc(C(C)C)n2C)c(C)n1-c1ccc(OC(F)F)cc1. The first-order valence-electron chi connectivity index (χ1n) is 9.48. The van der Waals surface area contributed by atoms with E-state index in [1.807, 2.05) is 49.9 Å². The molecule has 0 N–H and O–H groups in total. The van der Waals surface area contributed by atoms with Crippen molar-refractivity contribution in [3.05, 3.63) is 53.1 Å². The lowest BCUT2D eigenvalue weighted by Gasteiger charge is -2.11. The summed E-state index contributed by atoms with van der Waals surface area (Å²) in [6, 6.07) is 8.19. The number of Topliss-reactive ketones (excluding diaryl/α,β-unsaturated/α-hetero) is 1. The molecular weight excluding hydrogens is 410 g/mol. The minimum absolute atomic E-state index is 0.00824. The van der Waals surface area contributed by atoms with Gasteiger partial charge in [0, 0.05) is 35.6 Å². The van der Waals surface area contributed by atoms with Crippen molar-refractivity contribution >= 4 is 17.5 Å². The lowest BCUT2D eigenvalue weighted by molar-refractivity contribution is -0.0498. The normalized spacial score (nSPS) is 11.5. The number of halogens is 2. The summed E-state index contributed by atoms with van der Waals surface area (Å²) in [6.45, 7) is 5.00. The Morgan fingerprint density at radius 2 is 1.83 bits per heavy atom. The molecule has 6 nitrogen and oxygen atoms in total. The Labute approximate surface area is 178 Å². The van der Waals surface area contributed by atoms with Crippen molar-refractivity contribution in [3.63, 3.8) is 0 Å². The minimum Gasteiger partial charge on any atom is -0.435 e. The van der Waals surface area contributed by atoms with Gasteiger partial charge in [0.25, 0.3) is 0 Å². The number of nitrogens with zero attached hydrogens (tertiary/aromatic N) is 4. The summed E-state index contributed by atoms with van der Waals surface area (Å²) in [4.78, 5) is 12.9. The largest absolute Gasteiger partial charge is 0.435 e. The molecule has 30 heavy (non-hydrogen) atoms. The van der Waals surface area contributed by atoms with Crippen molar-refractivity contribution in [2.75, 3.05) is 5.75 Å². The number of ketones is 1. The highest BCUT2D eigenvalue weighted by Gasteiger charge is 2.19. The number of aromatic nitrogens is 4. The Morgan fingerprint density at radius 1 is 1.17 bits per heavy atom. The maximum absolute atomic E-state index is 12.9. The first kappa shape index (κ1) is 22.0. The zero-order chi connectivity index (χ0) is 22.0. The van der Waals surface area contributed by atoms with E-state index >= 15 is 0 Å². The van der Waals surface area contributed by atoms with E-state index < -0.39 is 6.61 Å². The summed E-state index contributed by atoms with van der Waals surface area (Å²) >= 11 is 1.36. The molecule has 0 spiro atoms. The number of ether oxygens (including phenoxy) is 1. The van der Waals surface area contributed by atoms with Crippen LogP contribution in [0.25, 0.3) is 5.69 Å². The predicted octanol–water partition coefficient (Wildman–Crippen LogP) is 4.92. The van der Waals surface area contributed by atoms with Crippen LogP contribution in [0, 0.1) is 13.8 Å². The molecule has 0 aliphatic heterocycles. The molecule has 2 heterocycles. The summed E-state index contributed by atoms with van der Waals surface area (Å²) < 4.78 is 32.9. The molecule has 0 aliphatic rings. The standard InChI is InChI=1S/C21H24F2N4O2S/c1-12(2)19-24-25-21(26(19)5)30-11-18(28)17-10-13(3)27(14(17)4)15-6-8-16(9-7-15)29-20(22)23/h6-10,12,20H,11H2,1-5H3. The maximum atomic E-state index is 12.9. The van der Waals surface area contributed by atoms with Gasteiger partial charge in [-0.2, -0.15) is 8.78 Å². The molecule has 0 bridgehead atoms. The highest BCUT2D eigenvalue weighted by Crippen LogP contribution is 2.26. The monoisotopic (exact) mass is 434 g/mol. The van der Waals surface area contributed by atoms with Gasteiger partial charge in [0.15, 0.2) is 10.9 Å². The van der Waals surface area contributed by atoms with E-state index in [2.05, 4.69) is 14.9 Å². The van der Waals surface area contributed by atoms with Crippen molar-refractivity contribution in [3.8, 4) is 11.4 Å². The third-order valence-electron chi connectivity index (χ3n) is 4.77. The van der Waals surface area contributed by atoms with Gasteiger partial charge in [-0.3, -0.25) is 4.79 Å². The number of aryl methyl sites for hydroxylation is 1. The molecular formula is C21H24F2N4O2S. The molecule has 3 aromatic rings. The molecule has 0 saturated carbocycles. The van der Waals surface area contributed by atoms with Crippen molar-refractivity contribution < 1.29 is 18.3 Å². The second kappa shape index (κ2) is 8.99. The third-order valence-corrected chi connectivity index (χ3v) is 5.79. The molecule has 0 amide bonds. The number of rotatable bonds is 8. The van der Waals surface area contributed by atoms with Crippen molar-refractivity contribution in [2.24, 2.45) is 7.05 Å². The van der Waals surface area contributed by atoms with Gasteiger partial charge >= 0.3 is 6.61 Å². The number of benzene rings is 1. The zero-order valence-electron chi connectivity index (χ0n) is 17.5. The van der Waals surface area contributed by atoms with Gasteiger partial charge < -0.3 is 13.9 Å². The molecule has 160 valence electrons. The molecule has 3 rings (SSSR count). The molecule has 0 aliphatic carbocycles. The highest BCUT2D eigenvalue weighted by molar-refractivity contribution is 7.99. The van der Waals surface area contributed by atoms with Crippen LogP contribution in [-0.2, 0) is 7.05 Å². The second-order valence-electron chi connectivity index (χ2n) is 7.26. The van der Waals surface area contributed by atoms with Gasteiger partial charge in [-0.05, 0) is 44.2 Å². The number of carbonyl (C=O) groups excluding carboxylic acids is 1. The van der Waals surface area contributed by atoms with Crippen molar-refractivity contribution in [1.29, 1.82) is 0 Å². The highest BCUT2D eigenvalue weighted by atomic mass is 32.2. The fraction of sp³-hybridized carbons (Fsp3) is 0.381. The Balaban J connectivity index is 1.77. The van der Waals surface area contributed by atoms with Crippen LogP contribution >= 0.6 is 11.8 Å². The van der Waals surface area contributed by atoms with Crippen LogP contribution in [0.2, 0.25) is 0 Å². The summed E-state index contributed by atoms with van der Waals surface area (Å²) in [5.74, 6) is 1.46. The topological polar surface area (TPSA) is 61.9 Å². The summed E-state index contributed by atoms with van der Waals surface area (Å²) in [7, 11) is 1.90. The lowest BCUT2D eigenvalue weighted by Crippen LogP contribution is -2.07. The van der Waals surface area contributed by atoms with E-state index in [0.29, 0.717) is 10.7 Å². The fourth-order valence-electron chi connectivity index (χ4n) is 3.38. The van der Waals surface area contributed by atoms with Crippen LogP contribution in [0.1, 0.15) is 47.3 Å². The van der Waals surface area contributed by atoms with Gasteiger partial charge in [-0.15, -0.1) is 10.2 Å². The van der Waals surface area contributed by atoms with Crippen LogP contribution in [0.4, 0.5) is 8.78 Å². The number of thioether (sulfide) groups is 1. The maximum Gasteiger partial charge on any atom is 0.387 e. The Bertz CT molecular complexity index is 1040. The molecule has 1 aromatic carbocycles. The number of alkyl halides is 2. The summed E-state index contributed by atoms with van der Waals surface area (Å²) in [5.41, 5.74) is 3.07. The van der Waals surface area contributed by atoms with Crippen LogP contribution in [0.15, 0.2) is 35.5 Å². The molecule has 0 unspecified atom stereocenters. The van der Waals surface area contributed by atoms with Crippen molar-refractivity contribution in [1.82, 2.24) is 19.3 Å². The number of hydrogen-bond acceptors (Lipinski definition) is 5. The molecule has 9 heteroatoms. The van der Waals surface area contributed by atoms with Gasteiger partial charge in [0.2, 0.25) is 0 Å². The summed E-state index contributed by atoms with van der Waals surface area (Å²) in [6.07, 6.45) is 0. The second-order valence-corrected chi connectivity index (χ2v) is 8.20. The Hall–Kier alpha value is -2.68. The van der Waals surface area contributed by atoms with Crippen molar-refractivity contribution in [2.45, 2.75) is 45.4 Å². The van der Waals surface area contributed by atoms with Crippen LogP contribution < -0.4 is 4.74 Å². The predicted molar refractivity (Wildman–Crippen MR) is 112 cm³/mol. The van der Waals surface area contributed by atoms with Gasteiger partial charge in [0.1, 0.15) is 11.6 Å². The van der Waals surface area contributed by atoms with E-state index in [4.69, 9.17) is 0 Å². The molecule has 0 fully saturated rings. The lowest BCUT2D eigenvalue weighted by atomic mass is 10.2. The molecule has 0 saturated heterocycles. The first-order valence-corrected chi connectivity index (χ1v) is 10.5. The van der Waals surface area contributed by atoms with Crippen LogP contribution in [0.5, 0.6) is 5.75 Å². The van der Waals surface area contributed by atoms with Gasteiger partial charge in [-0.25, -0.2) is 0 Å². The zero-order valence-corrected chi connectivity index (χ0v) is 18.3. The quantitative estimate of drug-likeness (QED) is 0.372. The average Bonchev–Trinajstić information content (AvgIpc) is 3.19. The number of carbonyl (C=O) groups is 1. The van der Waals surface area contributed by atoms with E-state index in [9.17, 15) is 13.6 Å². The minimum atomic E-state index is -2.86. The molecule has 0 radical (unpaired) electrons. The number of hydrogen-bond donors (Lipinski definition) is 0. The van der Waals surface area contributed by atoms with E-state index in [1.54, 1.807) is 12.1 Å². The van der Waals surface area contributed by atoms with Gasteiger partial charge in [0.05, 0.1) is 5.75 Å². The van der Waals surface area contributed by atoms with Gasteiger partial charge in [-0.1, -0.05) is 25.6 Å². The molecule has 2 aromatic heterocycles. The Morgan fingerprint density at radius 3 is 2.40 bits per heavy atom. The summed E-state index contributed by atoms with van der Waals surface area (Å²) in [5, 5.41) is 9.07. The molecule has 0 atom stereocenters. The third kappa shape index (κ3) is 4.56. The van der Waals surface area contributed by atoms with E-state index in [0.717, 1.165) is 22.9 Å². The van der Waals surface area contributed by atoms with E-state index in [-0.39, 0.29) is 23.2 Å².